The molecule has 158 valence electrons. The monoisotopic (exact) mass is 386 g/mol. The van der Waals surface area contributed by atoms with Crippen molar-refractivity contribution in [2.24, 2.45) is 0 Å². The Morgan fingerprint density at radius 1 is 1.11 bits per heavy atom. The van der Waals surface area contributed by atoms with Crippen molar-refractivity contribution in [3.05, 3.63) is 0 Å². The second-order valence-electron chi connectivity index (χ2n) is 7.54. The van der Waals surface area contributed by atoms with E-state index in [0.29, 0.717) is 12.8 Å². The Labute approximate surface area is 163 Å². The first-order valence-electron chi connectivity index (χ1n) is 10.6. The first-order valence-corrected chi connectivity index (χ1v) is 10.6. The fourth-order valence-electron chi connectivity index (χ4n) is 3.64. The van der Waals surface area contributed by atoms with Gasteiger partial charge in [0, 0.05) is 19.8 Å². The average Bonchev–Trinajstić information content (AvgIpc) is 3.00. The molecule has 1 rings (SSSR count). The Bertz CT molecular complexity index is 425. The molecule has 1 heterocycles. The third kappa shape index (κ3) is 10.1. The van der Waals surface area contributed by atoms with Crippen molar-refractivity contribution in [2.45, 2.75) is 115 Å². The summed E-state index contributed by atoms with van der Waals surface area (Å²) in [7, 11) is 1.41. The highest BCUT2D eigenvalue weighted by molar-refractivity contribution is 5.69. The Morgan fingerprint density at radius 2 is 1.81 bits per heavy atom. The van der Waals surface area contributed by atoms with Gasteiger partial charge in [-0.25, -0.2) is 0 Å². The van der Waals surface area contributed by atoms with Gasteiger partial charge in [-0.15, -0.1) is 0 Å². The highest BCUT2D eigenvalue weighted by Gasteiger charge is 2.38. The number of esters is 2. The lowest BCUT2D eigenvalue weighted by atomic mass is 10.00. The number of hydrogen-bond acceptors (Lipinski definition) is 6. The number of hydrogen-bond donors (Lipinski definition) is 1. The lowest BCUT2D eigenvalue weighted by Gasteiger charge is -2.23. The summed E-state index contributed by atoms with van der Waals surface area (Å²) in [6.45, 7) is 3.57. The molecule has 0 aliphatic carbocycles. The minimum atomic E-state index is -0.469. The standard InChI is InChI=1S/C21H38O6/c1-4-5-9-12-18-17(23)15-20(27-18)19(26-16(2)22)13-10-7-6-8-11-14-21(24)25-3/h17-20,23H,4-15H2,1-3H3. The number of aliphatic hydroxyl groups excluding tert-OH is 1. The van der Waals surface area contributed by atoms with E-state index in [0.717, 1.165) is 64.2 Å². The van der Waals surface area contributed by atoms with Crippen molar-refractivity contribution < 1.29 is 28.9 Å². The zero-order valence-electron chi connectivity index (χ0n) is 17.3. The van der Waals surface area contributed by atoms with E-state index in [1.807, 2.05) is 0 Å². The summed E-state index contributed by atoms with van der Waals surface area (Å²) >= 11 is 0. The fraction of sp³-hybridized carbons (Fsp3) is 0.905. The van der Waals surface area contributed by atoms with Gasteiger partial charge in [-0.2, -0.15) is 0 Å². The summed E-state index contributed by atoms with van der Waals surface area (Å²) in [6, 6.07) is 0. The topological polar surface area (TPSA) is 82.1 Å². The highest BCUT2D eigenvalue weighted by Crippen LogP contribution is 2.29. The molecule has 1 N–H and O–H groups in total. The molecule has 0 amide bonds. The third-order valence-corrected chi connectivity index (χ3v) is 5.17. The lowest BCUT2D eigenvalue weighted by molar-refractivity contribution is -0.155. The molecule has 0 radical (unpaired) electrons. The molecule has 0 aromatic carbocycles. The molecule has 0 spiro atoms. The largest absolute Gasteiger partial charge is 0.469 e. The van der Waals surface area contributed by atoms with Gasteiger partial charge in [-0.05, 0) is 25.7 Å². The second kappa shape index (κ2) is 13.9. The number of rotatable bonds is 14. The van der Waals surface area contributed by atoms with Gasteiger partial charge < -0.3 is 19.3 Å². The van der Waals surface area contributed by atoms with Crippen LogP contribution in [0, 0.1) is 0 Å². The maximum atomic E-state index is 11.5. The molecule has 27 heavy (non-hydrogen) atoms. The van der Waals surface area contributed by atoms with Gasteiger partial charge in [0.05, 0.1) is 25.4 Å². The van der Waals surface area contributed by atoms with Crippen LogP contribution in [0.2, 0.25) is 0 Å². The van der Waals surface area contributed by atoms with E-state index in [4.69, 9.17) is 9.47 Å². The highest BCUT2D eigenvalue weighted by atomic mass is 16.6. The van der Waals surface area contributed by atoms with Crippen LogP contribution in [0.15, 0.2) is 0 Å². The van der Waals surface area contributed by atoms with E-state index >= 15 is 0 Å². The average molecular weight is 387 g/mol. The predicted molar refractivity (Wildman–Crippen MR) is 103 cm³/mol. The SMILES string of the molecule is CCCCCC1OC(C(CCCCCCCC(=O)OC)OC(C)=O)CC1O. The van der Waals surface area contributed by atoms with Crippen molar-refractivity contribution in [3.8, 4) is 0 Å². The molecule has 0 bridgehead atoms. The van der Waals surface area contributed by atoms with Crippen molar-refractivity contribution in [2.75, 3.05) is 7.11 Å². The summed E-state index contributed by atoms with van der Waals surface area (Å²) in [6.07, 6.45) is 9.67. The third-order valence-electron chi connectivity index (χ3n) is 5.17. The van der Waals surface area contributed by atoms with E-state index < -0.39 is 6.10 Å². The smallest absolute Gasteiger partial charge is 0.305 e. The minimum Gasteiger partial charge on any atom is -0.469 e. The molecule has 0 saturated carbocycles. The number of carbonyl (C=O) groups is 2. The van der Waals surface area contributed by atoms with Crippen molar-refractivity contribution >= 4 is 11.9 Å². The number of carbonyl (C=O) groups excluding carboxylic acids is 2. The van der Waals surface area contributed by atoms with E-state index in [-0.39, 0.29) is 30.3 Å². The predicted octanol–water partition coefficient (Wildman–Crippen LogP) is 3.92. The number of aliphatic hydroxyl groups is 1. The molecule has 4 atom stereocenters. The van der Waals surface area contributed by atoms with Crippen LogP contribution >= 0.6 is 0 Å². The van der Waals surface area contributed by atoms with Crippen LogP contribution in [0.5, 0.6) is 0 Å². The summed E-state index contributed by atoms with van der Waals surface area (Å²) < 4.78 is 16.2. The molecule has 6 nitrogen and oxygen atoms in total. The van der Waals surface area contributed by atoms with Crippen molar-refractivity contribution in [1.82, 2.24) is 0 Å². The minimum absolute atomic E-state index is 0.141. The molecule has 1 fully saturated rings. The van der Waals surface area contributed by atoms with Gasteiger partial charge in [0.25, 0.3) is 0 Å². The van der Waals surface area contributed by atoms with Gasteiger partial charge >= 0.3 is 11.9 Å². The number of unbranched alkanes of at least 4 members (excludes halogenated alkanes) is 6. The normalized spacial score (nSPS) is 23.2. The molecule has 1 aliphatic heterocycles. The molecule has 4 unspecified atom stereocenters. The second-order valence-corrected chi connectivity index (χ2v) is 7.54. The maximum Gasteiger partial charge on any atom is 0.305 e. The first-order chi connectivity index (χ1) is 13.0. The van der Waals surface area contributed by atoms with Crippen LogP contribution in [0.1, 0.15) is 90.9 Å². The van der Waals surface area contributed by atoms with Crippen LogP contribution in [0.3, 0.4) is 0 Å². The summed E-state index contributed by atoms with van der Waals surface area (Å²) in [5.74, 6) is -0.457. The van der Waals surface area contributed by atoms with Gasteiger partial charge in [-0.1, -0.05) is 45.4 Å². The van der Waals surface area contributed by atoms with E-state index in [1.54, 1.807) is 0 Å². The van der Waals surface area contributed by atoms with E-state index in [1.165, 1.54) is 14.0 Å². The fourth-order valence-corrected chi connectivity index (χ4v) is 3.64. The van der Waals surface area contributed by atoms with Crippen molar-refractivity contribution in [3.63, 3.8) is 0 Å². The summed E-state index contributed by atoms with van der Waals surface area (Å²) in [5.41, 5.74) is 0. The lowest BCUT2D eigenvalue weighted by Crippen LogP contribution is -2.31. The Kier molecular flexibility index (Phi) is 12.3. The van der Waals surface area contributed by atoms with Gasteiger partial charge in [0.1, 0.15) is 6.10 Å². The number of ether oxygens (including phenoxy) is 3. The Balaban J connectivity index is 2.32. The quantitative estimate of drug-likeness (QED) is 0.360. The van der Waals surface area contributed by atoms with Crippen LogP contribution in [-0.2, 0) is 23.8 Å². The maximum absolute atomic E-state index is 11.5. The zero-order valence-corrected chi connectivity index (χ0v) is 17.3. The van der Waals surface area contributed by atoms with Gasteiger partial charge in [0.2, 0.25) is 0 Å². The Morgan fingerprint density at radius 3 is 2.48 bits per heavy atom. The Hall–Kier alpha value is -1.14. The molecule has 0 aromatic heterocycles. The molecule has 1 aliphatic rings. The van der Waals surface area contributed by atoms with Crippen LogP contribution in [0.4, 0.5) is 0 Å². The molecule has 6 heteroatoms. The van der Waals surface area contributed by atoms with Crippen LogP contribution in [0.25, 0.3) is 0 Å². The van der Waals surface area contributed by atoms with Gasteiger partial charge in [-0.3, -0.25) is 9.59 Å². The molecular weight excluding hydrogens is 348 g/mol. The van der Waals surface area contributed by atoms with Crippen molar-refractivity contribution in [1.29, 1.82) is 0 Å². The molecule has 0 aromatic rings. The van der Waals surface area contributed by atoms with E-state index in [2.05, 4.69) is 11.7 Å². The van der Waals surface area contributed by atoms with E-state index in [9.17, 15) is 14.7 Å². The first kappa shape index (κ1) is 23.9. The zero-order chi connectivity index (χ0) is 20.1. The summed E-state index contributed by atoms with van der Waals surface area (Å²) in [5, 5.41) is 10.3. The molecular formula is C21H38O6. The molecule has 1 saturated heterocycles. The number of methoxy groups -OCH3 is 1. The van der Waals surface area contributed by atoms with Crippen LogP contribution < -0.4 is 0 Å². The van der Waals surface area contributed by atoms with Gasteiger partial charge in [0.15, 0.2) is 0 Å². The summed E-state index contributed by atoms with van der Waals surface area (Å²) in [4.78, 5) is 22.5. The van der Waals surface area contributed by atoms with Crippen LogP contribution in [-0.4, -0.2) is 48.6 Å².